The highest BCUT2D eigenvalue weighted by atomic mass is 16.2. The molecule has 0 heterocycles. The van der Waals surface area contributed by atoms with Crippen LogP contribution in [0.15, 0.2) is 0 Å². The van der Waals surface area contributed by atoms with Gasteiger partial charge in [0, 0.05) is 24.4 Å². The van der Waals surface area contributed by atoms with E-state index in [1.807, 2.05) is 20.8 Å². The van der Waals surface area contributed by atoms with E-state index in [1.54, 1.807) is 0 Å². The van der Waals surface area contributed by atoms with Gasteiger partial charge in [-0.25, -0.2) is 0 Å². The summed E-state index contributed by atoms with van der Waals surface area (Å²) < 4.78 is 0. The van der Waals surface area contributed by atoms with Crippen LogP contribution in [0.5, 0.6) is 0 Å². The fraction of sp³-hybridized carbons (Fsp3) is 0.895. The molecule has 0 bridgehead atoms. The number of rotatable bonds is 5. The van der Waals surface area contributed by atoms with Crippen LogP contribution in [0, 0.1) is 16.7 Å². The Bertz CT molecular complexity index is 405. The lowest BCUT2D eigenvalue weighted by Gasteiger charge is -2.40. The van der Waals surface area contributed by atoms with E-state index in [2.05, 4.69) is 31.4 Å². The third-order valence-corrected chi connectivity index (χ3v) is 4.77. The number of hydrogen-bond acceptors (Lipinski definition) is 2. The molecule has 0 aliphatic heterocycles. The molecule has 4 heteroatoms. The zero-order valence-electron chi connectivity index (χ0n) is 15.9. The topological polar surface area (TPSA) is 58.2 Å². The second-order valence-corrected chi connectivity index (χ2v) is 9.04. The van der Waals surface area contributed by atoms with Crippen LogP contribution >= 0.6 is 0 Å². The molecule has 0 aromatic rings. The first-order valence-corrected chi connectivity index (χ1v) is 9.09. The van der Waals surface area contributed by atoms with Crippen molar-refractivity contribution in [3.05, 3.63) is 0 Å². The molecule has 1 saturated carbocycles. The van der Waals surface area contributed by atoms with Crippen LogP contribution in [-0.4, -0.2) is 24.4 Å². The van der Waals surface area contributed by atoms with Gasteiger partial charge in [-0.2, -0.15) is 0 Å². The lowest BCUT2D eigenvalue weighted by molar-refractivity contribution is -0.129. The van der Waals surface area contributed by atoms with Crippen molar-refractivity contribution in [3.63, 3.8) is 0 Å². The van der Waals surface area contributed by atoms with E-state index < -0.39 is 0 Å². The van der Waals surface area contributed by atoms with Gasteiger partial charge >= 0.3 is 0 Å². The number of carbonyl (C=O) groups is 2. The number of amides is 2. The molecule has 0 saturated heterocycles. The van der Waals surface area contributed by atoms with Gasteiger partial charge in [0.05, 0.1) is 0 Å². The Morgan fingerprint density at radius 2 is 1.61 bits per heavy atom. The molecule has 1 aliphatic carbocycles. The van der Waals surface area contributed by atoms with Crippen molar-refractivity contribution in [2.24, 2.45) is 16.7 Å². The van der Waals surface area contributed by atoms with Crippen molar-refractivity contribution in [1.29, 1.82) is 0 Å². The lowest BCUT2D eigenvalue weighted by atomic mass is 9.69. The van der Waals surface area contributed by atoms with Crippen molar-refractivity contribution in [1.82, 2.24) is 10.6 Å². The standard InChI is InChI=1S/C19H36N2O2/c1-18(2,3)14-10-7-8-11-15(14)21-16(22)12-9-13-20-17(23)19(4,5)6/h14-15H,7-13H2,1-6H3,(H,20,23)(H,21,22). The maximum atomic E-state index is 12.2. The molecule has 2 amide bonds. The zero-order chi connectivity index (χ0) is 17.7. The van der Waals surface area contributed by atoms with Crippen LogP contribution in [0.4, 0.5) is 0 Å². The highest BCUT2D eigenvalue weighted by Crippen LogP contribution is 2.37. The van der Waals surface area contributed by atoms with E-state index in [4.69, 9.17) is 0 Å². The van der Waals surface area contributed by atoms with Crippen LogP contribution in [0.2, 0.25) is 0 Å². The van der Waals surface area contributed by atoms with Gasteiger partial charge in [-0.1, -0.05) is 54.4 Å². The Hall–Kier alpha value is -1.06. The van der Waals surface area contributed by atoms with E-state index in [9.17, 15) is 9.59 Å². The molecule has 23 heavy (non-hydrogen) atoms. The Labute approximate surface area is 142 Å². The molecule has 2 N–H and O–H groups in total. The SMILES string of the molecule is CC(C)(C)C(=O)NCCCC(=O)NC1CCCCC1C(C)(C)C. The van der Waals surface area contributed by atoms with Crippen molar-refractivity contribution in [2.45, 2.75) is 86.1 Å². The van der Waals surface area contributed by atoms with E-state index in [1.165, 1.54) is 19.3 Å². The normalized spacial score (nSPS) is 22.5. The largest absolute Gasteiger partial charge is 0.356 e. The summed E-state index contributed by atoms with van der Waals surface area (Å²) >= 11 is 0. The van der Waals surface area contributed by atoms with E-state index in [0.29, 0.717) is 31.3 Å². The Morgan fingerprint density at radius 3 is 2.17 bits per heavy atom. The first-order valence-electron chi connectivity index (χ1n) is 9.09. The molecule has 0 aromatic heterocycles. The minimum absolute atomic E-state index is 0.0398. The summed E-state index contributed by atoms with van der Waals surface area (Å²) in [7, 11) is 0. The molecule has 0 spiro atoms. The first kappa shape index (κ1) is 20.0. The maximum absolute atomic E-state index is 12.2. The van der Waals surface area contributed by atoms with Gasteiger partial charge in [-0.3, -0.25) is 9.59 Å². The van der Waals surface area contributed by atoms with Crippen LogP contribution in [-0.2, 0) is 9.59 Å². The molecular formula is C19H36N2O2. The average molecular weight is 325 g/mol. The second kappa shape index (κ2) is 8.16. The molecule has 134 valence electrons. The molecule has 2 unspecified atom stereocenters. The van der Waals surface area contributed by atoms with Crippen LogP contribution in [0.3, 0.4) is 0 Å². The van der Waals surface area contributed by atoms with E-state index in [0.717, 1.165) is 6.42 Å². The van der Waals surface area contributed by atoms with Gasteiger partial charge in [0.1, 0.15) is 0 Å². The Morgan fingerprint density at radius 1 is 1.00 bits per heavy atom. The van der Waals surface area contributed by atoms with Gasteiger partial charge in [-0.15, -0.1) is 0 Å². The van der Waals surface area contributed by atoms with Crippen molar-refractivity contribution in [2.75, 3.05) is 6.54 Å². The molecule has 0 aromatic carbocycles. The summed E-state index contributed by atoms with van der Waals surface area (Å²) in [5.41, 5.74) is -0.136. The van der Waals surface area contributed by atoms with Gasteiger partial charge < -0.3 is 10.6 Å². The number of carbonyl (C=O) groups excluding carboxylic acids is 2. The summed E-state index contributed by atoms with van der Waals surface area (Å²) in [6.07, 6.45) is 5.95. The summed E-state index contributed by atoms with van der Waals surface area (Å²) in [5, 5.41) is 6.14. The van der Waals surface area contributed by atoms with Crippen LogP contribution in [0.25, 0.3) is 0 Å². The number of nitrogens with one attached hydrogen (secondary N) is 2. The van der Waals surface area contributed by atoms with E-state index in [-0.39, 0.29) is 22.6 Å². The molecule has 4 nitrogen and oxygen atoms in total. The quantitative estimate of drug-likeness (QED) is 0.758. The maximum Gasteiger partial charge on any atom is 0.225 e. The van der Waals surface area contributed by atoms with Gasteiger partial charge in [-0.05, 0) is 30.6 Å². The van der Waals surface area contributed by atoms with Gasteiger partial charge in [0.2, 0.25) is 11.8 Å². The zero-order valence-corrected chi connectivity index (χ0v) is 15.9. The first-order chi connectivity index (χ1) is 10.5. The van der Waals surface area contributed by atoms with Crippen molar-refractivity contribution >= 4 is 11.8 Å². The fourth-order valence-electron chi connectivity index (χ4n) is 3.34. The van der Waals surface area contributed by atoms with Crippen LogP contribution < -0.4 is 10.6 Å². The molecule has 2 atom stereocenters. The summed E-state index contributed by atoms with van der Waals surface area (Å²) in [5.74, 6) is 0.718. The average Bonchev–Trinajstić information content (AvgIpc) is 2.41. The van der Waals surface area contributed by atoms with Crippen molar-refractivity contribution < 1.29 is 9.59 Å². The number of hydrogen-bond donors (Lipinski definition) is 2. The molecule has 1 fully saturated rings. The predicted molar refractivity (Wildman–Crippen MR) is 95.0 cm³/mol. The van der Waals surface area contributed by atoms with Gasteiger partial charge in [0.15, 0.2) is 0 Å². The fourth-order valence-corrected chi connectivity index (χ4v) is 3.34. The Balaban J connectivity index is 2.34. The highest BCUT2D eigenvalue weighted by Gasteiger charge is 2.34. The predicted octanol–water partition coefficient (Wildman–Crippen LogP) is 3.65. The third kappa shape index (κ3) is 6.92. The second-order valence-electron chi connectivity index (χ2n) is 9.04. The van der Waals surface area contributed by atoms with Crippen LogP contribution in [0.1, 0.15) is 80.1 Å². The minimum atomic E-state index is -0.371. The summed E-state index contributed by atoms with van der Waals surface area (Å²) in [4.78, 5) is 24.0. The minimum Gasteiger partial charge on any atom is -0.356 e. The smallest absolute Gasteiger partial charge is 0.225 e. The Kier molecular flexibility index (Phi) is 7.09. The van der Waals surface area contributed by atoms with Gasteiger partial charge in [0.25, 0.3) is 0 Å². The summed E-state index contributed by atoms with van der Waals surface area (Å²) in [6.45, 7) is 13.1. The molecule has 1 aliphatic rings. The lowest BCUT2D eigenvalue weighted by Crippen LogP contribution is -2.46. The van der Waals surface area contributed by atoms with E-state index >= 15 is 0 Å². The monoisotopic (exact) mass is 324 g/mol. The third-order valence-electron chi connectivity index (χ3n) is 4.77. The molecule has 1 rings (SSSR count). The van der Waals surface area contributed by atoms with Crippen molar-refractivity contribution in [3.8, 4) is 0 Å². The summed E-state index contributed by atoms with van der Waals surface area (Å²) in [6, 6.07) is 0.306. The highest BCUT2D eigenvalue weighted by molar-refractivity contribution is 5.81. The molecular weight excluding hydrogens is 288 g/mol. The molecule has 0 radical (unpaired) electrons.